The third kappa shape index (κ3) is 3.40. The molecule has 0 bridgehead atoms. The number of fused-ring (bicyclic) bond motifs is 1. The zero-order valence-electron chi connectivity index (χ0n) is 15.3. The van der Waals surface area contributed by atoms with Crippen molar-refractivity contribution in [1.82, 2.24) is 15.3 Å². The number of hydrogen-bond acceptors (Lipinski definition) is 3. The van der Waals surface area contributed by atoms with Gasteiger partial charge in [-0.15, -0.1) is 0 Å². The average molecular weight is 358 g/mol. The third-order valence-corrected chi connectivity index (χ3v) is 5.08. The van der Waals surface area contributed by atoms with Crippen molar-refractivity contribution in [3.63, 3.8) is 0 Å². The number of hydrogen-bond donors (Lipinski definition) is 2. The quantitative estimate of drug-likeness (QED) is 0.738. The van der Waals surface area contributed by atoms with Crippen molar-refractivity contribution in [2.24, 2.45) is 0 Å². The van der Waals surface area contributed by atoms with Gasteiger partial charge in [-0.1, -0.05) is 35.9 Å². The van der Waals surface area contributed by atoms with Crippen molar-refractivity contribution in [2.75, 3.05) is 5.32 Å². The maximum atomic E-state index is 12.9. The smallest absolute Gasteiger partial charge is 0.320 e. The van der Waals surface area contributed by atoms with Crippen molar-refractivity contribution in [3.8, 4) is 0 Å². The Bertz CT molecular complexity index is 940. The molecule has 0 saturated heterocycles. The number of carbonyl (C=O) groups is 1. The molecule has 136 valence electrons. The average Bonchev–Trinajstić information content (AvgIpc) is 2.69. The summed E-state index contributed by atoms with van der Waals surface area (Å²) in [6.45, 7) is 2.06. The Labute approximate surface area is 158 Å². The molecule has 5 nitrogen and oxygen atoms in total. The van der Waals surface area contributed by atoms with Gasteiger partial charge in [0.25, 0.3) is 0 Å². The molecule has 1 aromatic carbocycles. The Morgan fingerprint density at radius 3 is 2.67 bits per heavy atom. The van der Waals surface area contributed by atoms with E-state index in [0.29, 0.717) is 5.69 Å². The second-order valence-electron chi connectivity index (χ2n) is 6.96. The van der Waals surface area contributed by atoms with Gasteiger partial charge in [0.05, 0.1) is 17.6 Å². The molecule has 2 N–H and O–H groups in total. The molecule has 1 aliphatic carbocycles. The number of anilines is 1. The molecule has 5 heteroatoms. The lowest BCUT2D eigenvalue weighted by atomic mass is 9.75. The van der Waals surface area contributed by atoms with Gasteiger partial charge in [0.15, 0.2) is 0 Å². The number of rotatable bonds is 3. The van der Waals surface area contributed by atoms with E-state index in [1.165, 1.54) is 11.1 Å². The first-order valence-electron chi connectivity index (χ1n) is 9.18. The number of carbonyl (C=O) groups excluding carboxylic acids is 1. The number of benzene rings is 1. The molecule has 3 aromatic rings. The molecule has 4 rings (SSSR count). The van der Waals surface area contributed by atoms with Crippen LogP contribution in [0.3, 0.4) is 0 Å². The lowest BCUT2D eigenvalue weighted by Crippen LogP contribution is -2.51. The van der Waals surface area contributed by atoms with E-state index in [4.69, 9.17) is 0 Å². The normalized spacial score (nSPS) is 18.4. The highest BCUT2D eigenvalue weighted by atomic mass is 16.2. The molecule has 0 aliphatic heterocycles. The van der Waals surface area contributed by atoms with Gasteiger partial charge in [-0.25, -0.2) is 4.79 Å². The van der Waals surface area contributed by atoms with Crippen molar-refractivity contribution in [2.45, 2.75) is 31.7 Å². The summed E-state index contributed by atoms with van der Waals surface area (Å²) < 4.78 is 0. The molecule has 2 heterocycles. The van der Waals surface area contributed by atoms with Gasteiger partial charge in [0.1, 0.15) is 5.54 Å². The highest BCUT2D eigenvalue weighted by Gasteiger charge is 2.41. The maximum absolute atomic E-state index is 12.9. The predicted octanol–water partition coefficient (Wildman–Crippen LogP) is 4.19. The first-order valence-corrected chi connectivity index (χ1v) is 9.18. The lowest BCUT2D eigenvalue weighted by molar-refractivity contribution is 0.237. The molecule has 0 spiro atoms. The largest absolute Gasteiger partial charge is 0.323 e. The van der Waals surface area contributed by atoms with Gasteiger partial charge in [0, 0.05) is 12.4 Å². The van der Waals surface area contributed by atoms with Crippen LogP contribution in [0.1, 0.15) is 35.2 Å². The number of pyridine rings is 2. The van der Waals surface area contributed by atoms with Crippen LogP contribution in [0, 0.1) is 6.92 Å². The van der Waals surface area contributed by atoms with E-state index >= 15 is 0 Å². The third-order valence-electron chi connectivity index (χ3n) is 5.08. The Balaban J connectivity index is 1.74. The van der Waals surface area contributed by atoms with Gasteiger partial charge in [0.2, 0.25) is 0 Å². The van der Waals surface area contributed by atoms with Crippen LogP contribution < -0.4 is 10.6 Å². The Kier molecular flexibility index (Phi) is 4.59. The van der Waals surface area contributed by atoms with Gasteiger partial charge in [-0.2, -0.15) is 0 Å². The van der Waals surface area contributed by atoms with Crippen molar-refractivity contribution >= 4 is 11.7 Å². The Morgan fingerprint density at radius 1 is 1.07 bits per heavy atom. The maximum Gasteiger partial charge on any atom is 0.320 e. The lowest BCUT2D eigenvalue weighted by Gasteiger charge is -2.39. The zero-order valence-corrected chi connectivity index (χ0v) is 15.3. The van der Waals surface area contributed by atoms with E-state index in [2.05, 4.69) is 57.9 Å². The summed E-state index contributed by atoms with van der Waals surface area (Å²) >= 11 is 0. The molecule has 2 aromatic heterocycles. The van der Waals surface area contributed by atoms with Gasteiger partial charge < -0.3 is 10.6 Å². The van der Waals surface area contributed by atoms with Gasteiger partial charge in [-0.05, 0) is 55.5 Å². The summed E-state index contributed by atoms with van der Waals surface area (Å²) in [7, 11) is 0. The first kappa shape index (κ1) is 17.2. The van der Waals surface area contributed by atoms with E-state index in [0.717, 1.165) is 30.5 Å². The number of nitrogens with zero attached hydrogens (tertiary/aromatic N) is 2. The Hall–Kier alpha value is -3.21. The summed E-state index contributed by atoms with van der Waals surface area (Å²) in [6.07, 6.45) is 7.88. The van der Waals surface area contributed by atoms with Crippen LogP contribution in [0.15, 0.2) is 67.1 Å². The van der Waals surface area contributed by atoms with Crippen LogP contribution in [-0.2, 0) is 12.0 Å². The summed E-state index contributed by atoms with van der Waals surface area (Å²) in [5, 5.41) is 6.12. The number of aromatic nitrogens is 2. The molecule has 0 saturated carbocycles. The molecular formula is C22H22N4O. The van der Waals surface area contributed by atoms with Crippen molar-refractivity contribution < 1.29 is 4.79 Å². The van der Waals surface area contributed by atoms with E-state index in [1.807, 2.05) is 12.1 Å². The van der Waals surface area contributed by atoms with Crippen LogP contribution >= 0.6 is 0 Å². The summed E-state index contributed by atoms with van der Waals surface area (Å²) in [4.78, 5) is 21.6. The summed E-state index contributed by atoms with van der Waals surface area (Å²) in [5.41, 5.74) is 4.37. The fraction of sp³-hybridized carbons (Fsp3) is 0.227. The van der Waals surface area contributed by atoms with Crippen LogP contribution in [0.5, 0.6) is 0 Å². The van der Waals surface area contributed by atoms with Crippen LogP contribution in [0.25, 0.3) is 0 Å². The van der Waals surface area contributed by atoms with E-state index in [1.54, 1.807) is 24.7 Å². The molecule has 2 amide bonds. The van der Waals surface area contributed by atoms with Crippen molar-refractivity contribution in [1.29, 1.82) is 0 Å². The van der Waals surface area contributed by atoms with E-state index < -0.39 is 5.54 Å². The number of aryl methyl sites for hydroxylation is 2. The zero-order chi connectivity index (χ0) is 18.7. The fourth-order valence-corrected chi connectivity index (χ4v) is 3.79. The molecule has 1 aliphatic rings. The second kappa shape index (κ2) is 7.19. The van der Waals surface area contributed by atoms with Crippen LogP contribution in [0.4, 0.5) is 10.5 Å². The fourth-order valence-electron chi connectivity index (χ4n) is 3.79. The monoisotopic (exact) mass is 358 g/mol. The second-order valence-corrected chi connectivity index (χ2v) is 6.96. The topological polar surface area (TPSA) is 66.9 Å². The predicted molar refractivity (Wildman–Crippen MR) is 106 cm³/mol. The summed E-state index contributed by atoms with van der Waals surface area (Å²) in [5.74, 6) is 0. The van der Waals surface area contributed by atoms with Crippen LogP contribution in [0.2, 0.25) is 0 Å². The van der Waals surface area contributed by atoms with Gasteiger partial charge in [-0.3, -0.25) is 9.97 Å². The van der Waals surface area contributed by atoms with Gasteiger partial charge >= 0.3 is 6.03 Å². The number of nitrogens with one attached hydrogen (secondary N) is 2. The molecule has 0 fully saturated rings. The highest BCUT2D eigenvalue weighted by Crippen LogP contribution is 2.39. The highest BCUT2D eigenvalue weighted by molar-refractivity contribution is 5.90. The van der Waals surface area contributed by atoms with E-state index in [-0.39, 0.29) is 6.03 Å². The first-order chi connectivity index (χ1) is 13.2. The summed E-state index contributed by atoms with van der Waals surface area (Å²) in [6, 6.07) is 15.7. The minimum Gasteiger partial charge on any atom is -0.323 e. The minimum atomic E-state index is -0.644. The molecule has 0 radical (unpaired) electrons. The number of urea groups is 1. The van der Waals surface area contributed by atoms with Crippen LogP contribution in [-0.4, -0.2) is 16.0 Å². The number of amides is 2. The molecule has 1 atom stereocenters. The molecule has 27 heavy (non-hydrogen) atoms. The standard InChI is InChI=1S/C22H22N4O/c1-16-8-10-18(11-9-16)22(12-2-5-17-6-3-14-24-20(17)22)26-21(27)25-19-7-4-13-23-15-19/h3-4,6-11,13-15H,2,5,12H2,1H3,(H2,25,26,27). The minimum absolute atomic E-state index is 0.262. The Morgan fingerprint density at radius 2 is 1.89 bits per heavy atom. The molecule has 1 unspecified atom stereocenters. The SMILES string of the molecule is Cc1ccc(C2(NC(=O)Nc3cccnc3)CCCc3cccnc32)cc1. The van der Waals surface area contributed by atoms with Crippen molar-refractivity contribution in [3.05, 3.63) is 89.5 Å². The molecular weight excluding hydrogens is 336 g/mol. The van der Waals surface area contributed by atoms with E-state index in [9.17, 15) is 4.79 Å².